The average Bonchev–Trinajstić information content (AvgIpc) is 2.56. The van der Waals surface area contributed by atoms with Crippen LogP contribution < -0.4 is 0 Å². The lowest BCUT2D eigenvalue weighted by molar-refractivity contribution is 0.235. The van der Waals surface area contributed by atoms with E-state index in [1.807, 2.05) is 0 Å². The van der Waals surface area contributed by atoms with Crippen molar-refractivity contribution < 1.29 is 12.9 Å². The van der Waals surface area contributed by atoms with Gasteiger partial charge in [-0.2, -0.15) is 0 Å². The topological polar surface area (TPSA) is 0 Å². The zero-order valence-corrected chi connectivity index (χ0v) is 6.98. The number of hydrogen-bond acceptors (Lipinski definition) is 0. The van der Waals surface area contributed by atoms with E-state index >= 15 is 0 Å². The molecule has 0 spiro atoms. The third kappa shape index (κ3) is 1.78. The maximum atomic E-state index is 12.1. The monoisotopic (exact) mass is 177 g/mol. The third-order valence-electron chi connectivity index (χ3n) is 3.17. The maximum Gasteiger partial charge on any atom is 0.481 e. The molecule has 0 atom stereocenters. The normalized spacial score (nSPS) is 36.2. The summed E-state index contributed by atoms with van der Waals surface area (Å²) in [5.74, 6) is 0.288. The van der Waals surface area contributed by atoms with Gasteiger partial charge in [-0.15, -0.1) is 0 Å². The molecule has 0 radical (unpaired) electrons. The van der Waals surface area contributed by atoms with Gasteiger partial charge in [0.2, 0.25) is 0 Å². The molecule has 0 aliphatic heterocycles. The summed E-state index contributed by atoms with van der Waals surface area (Å²) in [6.07, 6.45) is 4.46. The molecule has 2 aliphatic carbocycles. The molecule has 0 aromatic rings. The van der Waals surface area contributed by atoms with Crippen LogP contribution in [-0.2, 0) is 0 Å². The summed E-state index contributed by atoms with van der Waals surface area (Å²) >= 11 is 0. The molecular weight excluding hydrogens is 164 g/mol. The first kappa shape index (κ1) is 8.45. The van der Waals surface area contributed by atoms with Crippen molar-refractivity contribution in [1.29, 1.82) is 0 Å². The summed E-state index contributed by atoms with van der Waals surface area (Å²) in [5.41, 5.74) is 0. The van der Waals surface area contributed by atoms with Gasteiger partial charge in [-0.05, 0) is 18.3 Å². The van der Waals surface area contributed by atoms with Crippen LogP contribution in [-0.4, -0.2) is 6.98 Å². The van der Waals surface area contributed by atoms with Gasteiger partial charge in [0.1, 0.15) is 0 Å². The molecule has 2 fully saturated rings. The van der Waals surface area contributed by atoms with Gasteiger partial charge < -0.3 is 12.9 Å². The van der Waals surface area contributed by atoms with Crippen LogP contribution in [0.15, 0.2) is 0 Å². The first-order valence-corrected chi connectivity index (χ1v) is 4.75. The fourth-order valence-electron chi connectivity index (χ4n) is 2.11. The Balaban J connectivity index is 1.68. The van der Waals surface area contributed by atoms with E-state index < -0.39 is 12.8 Å². The van der Waals surface area contributed by atoms with Crippen molar-refractivity contribution in [3.8, 4) is 0 Å². The predicted octanol–water partition coefficient (Wildman–Crippen LogP) is 3.41. The van der Waals surface area contributed by atoms with Gasteiger partial charge in [0.05, 0.1) is 0 Å². The molecule has 0 unspecified atom stereocenters. The molecule has 0 aromatic heterocycles. The van der Waals surface area contributed by atoms with E-state index in [9.17, 15) is 12.9 Å². The Bertz CT molecular complexity index is 168. The van der Waals surface area contributed by atoms with Crippen molar-refractivity contribution in [3.05, 3.63) is 0 Å². The van der Waals surface area contributed by atoms with Gasteiger partial charge in [-0.25, -0.2) is 0 Å². The summed E-state index contributed by atoms with van der Waals surface area (Å²) in [7, 11) is 0. The van der Waals surface area contributed by atoms with Gasteiger partial charge >= 0.3 is 6.98 Å². The lowest BCUT2D eigenvalue weighted by atomic mass is 9.55. The number of halogens is 3. The van der Waals surface area contributed by atoms with Gasteiger partial charge in [-0.3, -0.25) is 0 Å². The first-order chi connectivity index (χ1) is 5.55. The van der Waals surface area contributed by atoms with Crippen LogP contribution in [0, 0.1) is 11.8 Å². The quantitative estimate of drug-likeness (QED) is 0.579. The van der Waals surface area contributed by atoms with Gasteiger partial charge in [0, 0.05) is 0 Å². The van der Waals surface area contributed by atoms with Crippen molar-refractivity contribution in [3.63, 3.8) is 0 Å². The number of rotatable bonds is 3. The van der Waals surface area contributed by atoms with Crippen molar-refractivity contribution >= 4 is 6.98 Å². The van der Waals surface area contributed by atoms with E-state index in [2.05, 4.69) is 0 Å². The molecule has 0 bridgehead atoms. The van der Waals surface area contributed by atoms with Crippen LogP contribution >= 0.6 is 0 Å². The van der Waals surface area contributed by atoms with Crippen molar-refractivity contribution in [2.45, 2.75) is 37.9 Å². The van der Waals surface area contributed by atoms with Crippen LogP contribution in [0.2, 0.25) is 5.82 Å². The van der Waals surface area contributed by atoms with Gasteiger partial charge in [-0.1, -0.05) is 31.5 Å². The standard InChI is InChI=1S/C8H13BF3/c10-9(11,12)8-4-7(5-8)3-6-1-2-6/h6-8H,1-5H2/q-1. The highest BCUT2D eigenvalue weighted by Gasteiger charge is 2.44. The molecule has 2 rings (SSSR count). The molecule has 4 heteroatoms. The molecular formula is C8H13BF3-. The van der Waals surface area contributed by atoms with E-state index in [-0.39, 0.29) is 0 Å². The Kier molecular flexibility index (Phi) is 1.88. The zero-order chi connectivity index (χ0) is 8.77. The Labute approximate surface area is 70.6 Å². The van der Waals surface area contributed by atoms with Crippen molar-refractivity contribution in [2.75, 3.05) is 0 Å². The van der Waals surface area contributed by atoms with Crippen LogP contribution in [0.5, 0.6) is 0 Å². The van der Waals surface area contributed by atoms with Crippen LogP contribution in [0.1, 0.15) is 32.1 Å². The molecule has 2 aliphatic rings. The lowest BCUT2D eigenvalue weighted by Crippen LogP contribution is -2.35. The minimum absolute atomic E-state index is 0.408. The van der Waals surface area contributed by atoms with E-state index in [1.54, 1.807) is 0 Å². The third-order valence-corrected chi connectivity index (χ3v) is 3.17. The number of hydrogen-bond donors (Lipinski definition) is 0. The summed E-state index contributed by atoms with van der Waals surface area (Å²) in [4.78, 5) is 0. The smallest absolute Gasteiger partial charge is 0.449 e. The minimum Gasteiger partial charge on any atom is -0.449 e. The highest BCUT2D eigenvalue weighted by Crippen LogP contribution is 2.51. The highest BCUT2D eigenvalue weighted by atomic mass is 19.4. The first-order valence-electron chi connectivity index (χ1n) is 4.75. The van der Waals surface area contributed by atoms with E-state index in [0.29, 0.717) is 18.8 Å². The van der Waals surface area contributed by atoms with E-state index in [1.165, 1.54) is 12.8 Å². The van der Waals surface area contributed by atoms with Crippen LogP contribution in [0.3, 0.4) is 0 Å². The molecule has 0 nitrogen and oxygen atoms in total. The molecule has 70 valence electrons. The lowest BCUT2D eigenvalue weighted by Gasteiger charge is -2.41. The molecule has 2 saturated carbocycles. The summed E-state index contributed by atoms with van der Waals surface area (Å²) in [6.45, 7) is -4.51. The Morgan fingerprint density at radius 2 is 1.58 bits per heavy atom. The highest BCUT2D eigenvalue weighted by molar-refractivity contribution is 6.60. The Hall–Kier alpha value is -0.145. The Morgan fingerprint density at radius 3 is 2.00 bits per heavy atom. The summed E-state index contributed by atoms with van der Waals surface area (Å²) < 4.78 is 36.3. The second-order valence-electron chi connectivity index (χ2n) is 4.40. The molecule has 0 saturated heterocycles. The molecule has 0 N–H and O–H groups in total. The molecule has 0 heterocycles. The largest absolute Gasteiger partial charge is 0.481 e. The van der Waals surface area contributed by atoms with Gasteiger partial charge in [0.15, 0.2) is 0 Å². The van der Waals surface area contributed by atoms with Crippen molar-refractivity contribution in [2.24, 2.45) is 11.8 Å². The summed E-state index contributed by atoms with van der Waals surface area (Å²) in [6, 6.07) is 0. The zero-order valence-electron chi connectivity index (χ0n) is 6.98. The van der Waals surface area contributed by atoms with E-state index in [0.717, 1.165) is 12.3 Å². The second kappa shape index (κ2) is 2.67. The summed E-state index contributed by atoms with van der Waals surface area (Å²) in [5, 5.41) is 0. The molecule has 12 heavy (non-hydrogen) atoms. The fourth-order valence-corrected chi connectivity index (χ4v) is 2.11. The maximum absolute atomic E-state index is 12.1. The minimum atomic E-state index is -4.51. The molecule has 0 amide bonds. The average molecular weight is 177 g/mol. The van der Waals surface area contributed by atoms with Crippen LogP contribution in [0.25, 0.3) is 0 Å². The van der Waals surface area contributed by atoms with Gasteiger partial charge in [0.25, 0.3) is 0 Å². The Morgan fingerprint density at radius 1 is 1.00 bits per heavy atom. The van der Waals surface area contributed by atoms with E-state index in [4.69, 9.17) is 0 Å². The molecule has 0 aromatic carbocycles. The second-order valence-corrected chi connectivity index (χ2v) is 4.40. The van der Waals surface area contributed by atoms with Crippen molar-refractivity contribution in [1.82, 2.24) is 0 Å². The van der Waals surface area contributed by atoms with Crippen LogP contribution in [0.4, 0.5) is 12.9 Å². The fraction of sp³-hybridized carbons (Fsp3) is 1.00. The predicted molar refractivity (Wildman–Crippen MR) is 42.9 cm³/mol. The SMILES string of the molecule is F[B-](F)(F)C1CC(CC2CC2)C1.